The summed E-state index contributed by atoms with van der Waals surface area (Å²) in [6, 6.07) is 29.4. The molecule has 0 atom stereocenters. The predicted octanol–water partition coefficient (Wildman–Crippen LogP) is 8.04. The van der Waals surface area contributed by atoms with Crippen LogP contribution in [0.3, 0.4) is 0 Å². The first-order valence-corrected chi connectivity index (χ1v) is 21.3. The minimum Gasteiger partial charge on any atom is -0.493 e. The number of carbonyl (C=O) groups excluding carboxylic acids is 1. The Hall–Kier alpha value is -5.01. The van der Waals surface area contributed by atoms with Crippen LogP contribution in [0.5, 0.6) is 11.5 Å². The molecule has 12 heteroatoms. The Bertz CT molecular complexity index is 2360. The molecule has 1 fully saturated rings. The molecule has 4 aromatic carbocycles. The van der Waals surface area contributed by atoms with Crippen LogP contribution in [0.15, 0.2) is 84.9 Å². The van der Waals surface area contributed by atoms with E-state index in [0.717, 1.165) is 107 Å². The molecule has 304 valence electrons. The second kappa shape index (κ2) is 17.9. The van der Waals surface area contributed by atoms with Gasteiger partial charge >= 0.3 is 5.97 Å². The predicted molar refractivity (Wildman–Crippen MR) is 235 cm³/mol. The number of carbonyl (C=O) groups is 1. The Kier molecular flexibility index (Phi) is 12.3. The van der Waals surface area contributed by atoms with E-state index in [4.69, 9.17) is 19.3 Å². The number of fused-ring (bicyclic) bond motifs is 3. The summed E-state index contributed by atoms with van der Waals surface area (Å²) in [5.41, 5.74) is 8.00. The first-order chi connectivity index (χ1) is 28.3. The van der Waals surface area contributed by atoms with Gasteiger partial charge in [0.05, 0.1) is 30.1 Å². The van der Waals surface area contributed by atoms with Gasteiger partial charge in [0.15, 0.2) is 0 Å². The van der Waals surface area contributed by atoms with Gasteiger partial charge in [-0.15, -0.1) is 0 Å². The van der Waals surface area contributed by atoms with Crippen molar-refractivity contribution in [3.8, 4) is 22.6 Å². The second-order valence-corrected chi connectivity index (χ2v) is 16.8. The van der Waals surface area contributed by atoms with Crippen LogP contribution in [-0.2, 0) is 37.9 Å². The SMILES string of the molecule is CCOC(=O)c1c(CCCOc2cccc3ccccc23)c2cccc3c2n1CCCN(C)Cc1nn(C)c(COc2ccc(N4CCN(SN(C)C)CC4)cc2)c1-3. The Labute approximate surface area is 346 Å². The zero-order valence-corrected chi connectivity index (χ0v) is 35.3. The molecule has 58 heavy (non-hydrogen) atoms. The second-order valence-electron chi connectivity index (χ2n) is 15.4. The van der Waals surface area contributed by atoms with Gasteiger partial charge in [-0.1, -0.05) is 54.6 Å². The van der Waals surface area contributed by atoms with Crippen LogP contribution in [0, 0.1) is 0 Å². The molecule has 0 amide bonds. The highest BCUT2D eigenvalue weighted by molar-refractivity contribution is 7.94. The van der Waals surface area contributed by atoms with Crippen molar-refractivity contribution >= 4 is 45.5 Å². The lowest BCUT2D eigenvalue weighted by molar-refractivity contribution is 0.0512. The normalized spacial score (nSPS) is 15.2. The van der Waals surface area contributed by atoms with E-state index in [2.05, 4.69) is 105 Å². The van der Waals surface area contributed by atoms with Crippen LogP contribution in [0.2, 0.25) is 0 Å². The highest BCUT2D eigenvalue weighted by Crippen LogP contribution is 2.40. The Morgan fingerprint density at radius 1 is 0.845 bits per heavy atom. The number of aromatic nitrogens is 3. The number of benzene rings is 4. The van der Waals surface area contributed by atoms with E-state index in [1.165, 1.54) is 5.69 Å². The molecular formula is C46H55N7O4S. The van der Waals surface area contributed by atoms with Crippen molar-refractivity contribution in [1.82, 2.24) is 27.9 Å². The van der Waals surface area contributed by atoms with Crippen molar-refractivity contribution in [2.45, 2.75) is 45.9 Å². The molecule has 11 nitrogen and oxygen atoms in total. The van der Waals surface area contributed by atoms with E-state index in [0.29, 0.717) is 45.0 Å². The van der Waals surface area contributed by atoms with Gasteiger partial charge in [0.25, 0.3) is 0 Å². The van der Waals surface area contributed by atoms with E-state index < -0.39 is 0 Å². The van der Waals surface area contributed by atoms with Gasteiger partial charge in [0, 0.05) is 86.0 Å². The number of para-hydroxylation sites is 1. The molecule has 2 aromatic heterocycles. The molecule has 8 rings (SSSR count). The minimum absolute atomic E-state index is 0.284. The third-order valence-electron chi connectivity index (χ3n) is 11.2. The van der Waals surface area contributed by atoms with Crippen LogP contribution in [-0.4, -0.2) is 101 Å². The highest BCUT2D eigenvalue weighted by Gasteiger charge is 2.29. The van der Waals surface area contributed by atoms with Gasteiger partial charge in [0.1, 0.15) is 23.8 Å². The van der Waals surface area contributed by atoms with Gasteiger partial charge in [0.2, 0.25) is 0 Å². The smallest absolute Gasteiger partial charge is 0.355 e. The molecular weight excluding hydrogens is 747 g/mol. The minimum atomic E-state index is -0.284. The van der Waals surface area contributed by atoms with Crippen LogP contribution in [0.1, 0.15) is 47.2 Å². The zero-order chi connectivity index (χ0) is 40.2. The summed E-state index contributed by atoms with van der Waals surface area (Å²) in [5.74, 6) is 1.41. The van der Waals surface area contributed by atoms with Crippen molar-refractivity contribution < 1.29 is 19.0 Å². The summed E-state index contributed by atoms with van der Waals surface area (Å²) in [6.45, 7) is 9.31. The monoisotopic (exact) mass is 801 g/mol. The van der Waals surface area contributed by atoms with Gasteiger partial charge in [-0.3, -0.25) is 4.68 Å². The third kappa shape index (κ3) is 8.42. The van der Waals surface area contributed by atoms with Crippen molar-refractivity contribution in [2.24, 2.45) is 7.05 Å². The summed E-state index contributed by atoms with van der Waals surface area (Å²) in [7, 11) is 8.33. The lowest BCUT2D eigenvalue weighted by Crippen LogP contribution is -2.44. The van der Waals surface area contributed by atoms with Gasteiger partial charge in [-0.05, 0) is 95.2 Å². The Morgan fingerprint density at radius 2 is 1.60 bits per heavy atom. The number of rotatable bonds is 13. The maximum Gasteiger partial charge on any atom is 0.355 e. The molecule has 0 spiro atoms. The molecule has 1 saturated heterocycles. The maximum atomic E-state index is 14.0. The summed E-state index contributed by atoms with van der Waals surface area (Å²) < 4.78 is 27.5. The molecule has 0 bridgehead atoms. The summed E-state index contributed by atoms with van der Waals surface area (Å²) in [5, 5.41) is 8.43. The van der Waals surface area contributed by atoms with Gasteiger partial charge < -0.3 is 28.6 Å². The Morgan fingerprint density at radius 3 is 2.40 bits per heavy atom. The first-order valence-electron chi connectivity index (χ1n) is 20.5. The number of aryl methyl sites for hydroxylation is 3. The molecule has 2 aliphatic rings. The quantitative estimate of drug-likeness (QED) is 0.0651. The first kappa shape index (κ1) is 39.8. The van der Waals surface area contributed by atoms with Crippen LogP contribution >= 0.6 is 12.1 Å². The van der Waals surface area contributed by atoms with Gasteiger partial charge in [-0.25, -0.2) is 13.4 Å². The average Bonchev–Trinajstić information content (AvgIpc) is 3.71. The Balaban J connectivity index is 1.09. The maximum absolute atomic E-state index is 14.0. The van der Waals surface area contributed by atoms with E-state index in [1.54, 1.807) is 12.1 Å². The van der Waals surface area contributed by atoms with Crippen molar-refractivity contribution in [2.75, 3.05) is 72.0 Å². The fourth-order valence-corrected chi connectivity index (χ4v) is 9.34. The van der Waals surface area contributed by atoms with Crippen molar-refractivity contribution in [1.29, 1.82) is 0 Å². The standard InChI is InChI=1S/C46H55N7O4S/c1-6-55-46(54)45-38(18-11-30-56-42-19-9-14-33-13-7-8-15-36(33)42)37-16-10-17-39-43-40(31-49(4)24-12-25-53(45)44(37)39)47-50(5)41(43)32-57-35-22-20-34(21-23-35)51-26-28-52(29-27-51)58-48(2)3/h7-10,13-17,19-23H,6,11-12,18,24-32H2,1-5H3. The molecule has 0 radical (unpaired) electrons. The number of hydrogen-bond acceptors (Lipinski definition) is 10. The number of ether oxygens (including phenoxy) is 3. The fourth-order valence-electron chi connectivity index (χ4n) is 8.55. The number of hydrogen-bond donors (Lipinski definition) is 0. The summed E-state index contributed by atoms with van der Waals surface area (Å²) >= 11 is 1.78. The van der Waals surface area contributed by atoms with Gasteiger partial charge in [-0.2, -0.15) is 5.10 Å². The number of piperazine rings is 1. The van der Waals surface area contributed by atoms with E-state index in [-0.39, 0.29) is 5.97 Å². The summed E-state index contributed by atoms with van der Waals surface area (Å²) in [6.07, 6.45) is 2.29. The lowest BCUT2D eigenvalue weighted by atomic mass is 9.97. The van der Waals surface area contributed by atoms with E-state index >= 15 is 0 Å². The average molecular weight is 802 g/mol. The fraction of sp³-hybridized carbons (Fsp3) is 0.391. The van der Waals surface area contributed by atoms with Crippen LogP contribution in [0.25, 0.3) is 32.8 Å². The van der Waals surface area contributed by atoms with Crippen molar-refractivity contribution in [3.63, 3.8) is 0 Å². The molecule has 2 aliphatic heterocycles. The topological polar surface area (TPSA) is 80.5 Å². The van der Waals surface area contributed by atoms with Crippen molar-refractivity contribution in [3.05, 3.63) is 108 Å². The highest BCUT2D eigenvalue weighted by atomic mass is 32.2. The number of anilines is 1. The zero-order valence-electron chi connectivity index (χ0n) is 34.4. The largest absolute Gasteiger partial charge is 0.493 e. The molecule has 4 heterocycles. The molecule has 0 unspecified atom stereocenters. The van der Waals surface area contributed by atoms with E-state index in [1.807, 2.05) is 42.9 Å². The van der Waals surface area contributed by atoms with E-state index in [9.17, 15) is 4.79 Å². The number of nitrogens with zero attached hydrogens (tertiary/aromatic N) is 7. The molecule has 0 N–H and O–H groups in total. The number of esters is 1. The summed E-state index contributed by atoms with van der Waals surface area (Å²) in [4.78, 5) is 18.7. The lowest BCUT2D eigenvalue weighted by Gasteiger charge is -2.36. The molecule has 6 aromatic rings. The molecule has 0 aliphatic carbocycles. The molecule has 0 saturated carbocycles. The van der Waals surface area contributed by atoms with Crippen LogP contribution < -0.4 is 14.4 Å². The van der Waals surface area contributed by atoms with Crippen LogP contribution in [0.4, 0.5) is 5.69 Å². The third-order valence-corrected chi connectivity index (χ3v) is 12.1.